The first-order valence-electron chi connectivity index (χ1n) is 14.0. The van der Waals surface area contributed by atoms with Crippen LogP contribution < -0.4 is 15.0 Å². The van der Waals surface area contributed by atoms with Gasteiger partial charge in [-0.05, 0) is 56.8 Å². The molecule has 2 bridgehead atoms. The highest BCUT2D eigenvalue weighted by Gasteiger charge is 2.66. The van der Waals surface area contributed by atoms with Crippen molar-refractivity contribution in [1.29, 1.82) is 0 Å². The summed E-state index contributed by atoms with van der Waals surface area (Å²) in [7, 11) is 0. The fourth-order valence-electron chi connectivity index (χ4n) is 7.10. The number of nitrogens with zero attached hydrogens (tertiary/aromatic N) is 3. The molecule has 0 saturated carbocycles. The summed E-state index contributed by atoms with van der Waals surface area (Å²) >= 11 is 0. The van der Waals surface area contributed by atoms with E-state index in [2.05, 4.69) is 10.2 Å². The maximum Gasteiger partial charge on any atom is 0.253 e. The van der Waals surface area contributed by atoms with Crippen molar-refractivity contribution in [1.82, 2.24) is 15.1 Å². The van der Waals surface area contributed by atoms with Crippen molar-refractivity contribution in [2.24, 2.45) is 5.92 Å². The fourth-order valence-corrected chi connectivity index (χ4v) is 7.10. The predicted molar refractivity (Wildman–Crippen MR) is 144 cm³/mol. The first-order chi connectivity index (χ1) is 18.6. The van der Waals surface area contributed by atoms with Gasteiger partial charge in [0.1, 0.15) is 11.3 Å². The van der Waals surface area contributed by atoms with E-state index < -0.39 is 11.5 Å². The molecule has 3 amide bonds. The van der Waals surface area contributed by atoms with Gasteiger partial charge in [-0.15, -0.1) is 0 Å². The standard InChI is InChI=1S/C30H36N4O4/c35-27(14-20-38-23-10-2-1-3-11-23)32-16-7-15-31-28(36)25-21-22-9-6-19-34(22)30(25)24-12-4-5-13-26(24)33(29(30)37)18-8-17-32/h1-5,10-13,22,25H,6-9,14-21H2,(H,31,36)/t22-,25-,30+/m0/s1. The Bertz CT molecular complexity index is 1200. The van der Waals surface area contributed by atoms with E-state index in [1.54, 1.807) is 0 Å². The Hall–Kier alpha value is -3.39. The van der Waals surface area contributed by atoms with E-state index in [1.165, 1.54) is 0 Å². The van der Waals surface area contributed by atoms with E-state index in [9.17, 15) is 14.4 Å². The first kappa shape index (κ1) is 24.9. The summed E-state index contributed by atoms with van der Waals surface area (Å²) in [6.45, 7) is 3.30. The molecule has 8 nitrogen and oxygen atoms in total. The normalized spacial score (nSPS) is 27.5. The lowest BCUT2D eigenvalue weighted by molar-refractivity contribution is -0.138. The monoisotopic (exact) mass is 516 g/mol. The highest BCUT2D eigenvalue weighted by atomic mass is 16.5. The highest BCUT2D eigenvalue weighted by Crippen LogP contribution is 2.57. The van der Waals surface area contributed by atoms with Crippen molar-refractivity contribution in [2.45, 2.75) is 50.1 Å². The number of anilines is 1. The number of fused-ring (bicyclic) bond motifs is 4. The van der Waals surface area contributed by atoms with Gasteiger partial charge in [0.25, 0.3) is 5.91 Å². The van der Waals surface area contributed by atoms with Crippen LogP contribution in [0.5, 0.6) is 5.75 Å². The summed E-state index contributed by atoms with van der Waals surface area (Å²) in [6.07, 6.45) is 4.45. The molecule has 3 saturated heterocycles. The van der Waals surface area contributed by atoms with Gasteiger partial charge >= 0.3 is 0 Å². The van der Waals surface area contributed by atoms with Crippen molar-refractivity contribution in [3.05, 3.63) is 60.2 Å². The lowest BCUT2D eigenvalue weighted by Crippen LogP contribution is -2.56. The number of ether oxygens (including phenoxy) is 1. The Morgan fingerprint density at radius 2 is 1.74 bits per heavy atom. The van der Waals surface area contributed by atoms with Gasteiger partial charge < -0.3 is 19.9 Å². The molecule has 3 fully saturated rings. The second-order valence-electron chi connectivity index (χ2n) is 10.8. The van der Waals surface area contributed by atoms with Crippen molar-refractivity contribution in [2.75, 3.05) is 44.2 Å². The minimum absolute atomic E-state index is 0.0247. The fraction of sp³-hybridized carbons (Fsp3) is 0.500. The van der Waals surface area contributed by atoms with E-state index in [-0.39, 0.29) is 30.2 Å². The molecule has 4 heterocycles. The molecule has 38 heavy (non-hydrogen) atoms. The van der Waals surface area contributed by atoms with Crippen LogP contribution in [0.4, 0.5) is 5.69 Å². The number of benzene rings is 2. The Kier molecular flexibility index (Phi) is 6.82. The number of carbonyl (C=O) groups excluding carboxylic acids is 3. The molecule has 4 aliphatic rings. The number of carbonyl (C=O) groups is 3. The third kappa shape index (κ3) is 4.15. The average molecular weight is 517 g/mol. The van der Waals surface area contributed by atoms with Crippen LogP contribution in [0.15, 0.2) is 54.6 Å². The molecule has 2 aromatic rings. The van der Waals surface area contributed by atoms with Gasteiger partial charge in [-0.2, -0.15) is 0 Å². The molecule has 1 N–H and O–H groups in total. The Balaban J connectivity index is 1.22. The van der Waals surface area contributed by atoms with Crippen LogP contribution in [-0.2, 0) is 19.9 Å². The Morgan fingerprint density at radius 1 is 0.947 bits per heavy atom. The zero-order valence-corrected chi connectivity index (χ0v) is 21.8. The van der Waals surface area contributed by atoms with Crippen molar-refractivity contribution in [3.8, 4) is 5.75 Å². The second kappa shape index (κ2) is 10.4. The average Bonchev–Trinajstić information content (AvgIpc) is 3.59. The SMILES string of the molecule is O=C1NCCCN(C(=O)CCOc2ccccc2)CCCN2C(=O)[C@@]3(c4ccccc42)[C@H]1C[C@@H]1CCCN13. The number of nitrogens with one attached hydrogen (secondary N) is 1. The van der Waals surface area contributed by atoms with Crippen molar-refractivity contribution >= 4 is 23.4 Å². The molecular weight excluding hydrogens is 480 g/mol. The quantitative estimate of drug-likeness (QED) is 0.676. The van der Waals surface area contributed by atoms with Gasteiger partial charge in [-0.1, -0.05) is 36.4 Å². The third-order valence-electron chi connectivity index (χ3n) is 8.73. The summed E-state index contributed by atoms with van der Waals surface area (Å²) < 4.78 is 5.74. The van der Waals surface area contributed by atoms with Gasteiger partial charge in [0.05, 0.1) is 18.9 Å². The molecule has 4 aliphatic heterocycles. The molecule has 2 aromatic carbocycles. The lowest BCUT2D eigenvalue weighted by atomic mass is 9.78. The molecule has 0 aliphatic carbocycles. The lowest BCUT2D eigenvalue weighted by Gasteiger charge is -2.37. The first-order valence-corrected chi connectivity index (χ1v) is 14.0. The van der Waals surface area contributed by atoms with Crippen LogP contribution in [-0.4, -0.2) is 72.9 Å². The molecule has 200 valence electrons. The Morgan fingerprint density at radius 3 is 2.61 bits per heavy atom. The van der Waals surface area contributed by atoms with E-state index in [4.69, 9.17) is 4.74 Å². The summed E-state index contributed by atoms with van der Waals surface area (Å²) in [5.74, 6) is 0.358. The molecule has 0 aromatic heterocycles. The van der Waals surface area contributed by atoms with E-state index in [0.717, 1.165) is 36.4 Å². The van der Waals surface area contributed by atoms with Gasteiger partial charge in [-0.3, -0.25) is 19.3 Å². The number of para-hydroxylation sites is 2. The number of amides is 3. The van der Waals surface area contributed by atoms with Crippen LogP contribution in [0.25, 0.3) is 0 Å². The van der Waals surface area contributed by atoms with Gasteiger partial charge in [0, 0.05) is 43.5 Å². The summed E-state index contributed by atoms with van der Waals surface area (Å²) in [6, 6.07) is 17.8. The van der Waals surface area contributed by atoms with Crippen LogP contribution in [0.1, 0.15) is 44.1 Å². The Labute approximate surface area is 223 Å². The molecule has 1 spiro atoms. The van der Waals surface area contributed by atoms with Crippen LogP contribution in [0.2, 0.25) is 0 Å². The van der Waals surface area contributed by atoms with Crippen molar-refractivity contribution in [3.63, 3.8) is 0 Å². The molecule has 3 atom stereocenters. The van der Waals surface area contributed by atoms with Gasteiger partial charge in [-0.25, -0.2) is 0 Å². The van der Waals surface area contributed by atoms with Crippen LogP contribution >= 0.6 is 0 Å². The molecule has 0 unspecified atom stereocenters. The number of hydrogen-bond donors (Lipinski definition) is 1. The summed E-state index contributed by atoms with van der Waals surface area (Å²) in [5, 5.41) is 3.14. The zero-order chi connectivity index (χ0) is 26.1. The number of rotatable bonds is 4. The van der Waals surface area contributed by atoms with E-state index in [0.29, 0.717) is 52.0 Å². The van der Waals surface area contributed by atoms with Gasteiger partial charge in [0.2, 0.25) is 11.8 Å². The topological polar surface area (TPSA) is 82.2 Å². The summed E-state index contributed by atoms with van der Waals surface area (Å²) in [4.78, 5) is 47.2. The highest BCUT2D eigenvalue weighted by molar-refractivity contribution is 6.10. The van der Waals surface area contributed by atoms with Crippen LogP contribution in [0, 0.1) is 5.92 Å². The maximum absolute atomic E-state index is 14.4. The van der Waals surface area contributed by atoms with E-state index in [1.807, 2.05) is 64.4 Å². The smallest absolute Gasteiger partial charge is 0.253 e. The molecular formula is C30H36N4O4. The largest absolute Gasteiger partial charge is 0.493 e. The molecule has 6 rings (SSSR count). The number of hydrogen-bond acceptors (Lipinski definition) is 5. The van der Waals surface area contributed by atoms with Gasteiger partial charge in [0.15, 0.2) is 0 Å². The second-order valence-corrected chi connectivity index (χ2v) is 10.8. The third-order valence-corrected chi connectivity index (χ3v) is 8.73. The molecule has 0 radical (unpaired) electrons. The maximum atomic E-state index is 14.4. The van der Waals surface area contributed by atoms with Crippen LogP contribution in [0.3, 0.4) is 0 Å². The predicted octanol–water partition coefficient (Wildman–Crippen LogP) is 2.92. The van der Waals surface area contributed by atoms with E-state index >= 15 is 0 Å². The minimum Gasteiger partial charge on any atom is -0.493 e. The summed E-state index contributed by atoms with van der Waals surface area (Å²) in [5.41, 5.74) is 0.965. The van der Waals surface area contributed by atoms with Crippen molar-refractivity contribution < 1.29 is 19.1 Å². The zero-order valence-electron chi connectivity index (χ0n) is 21.8. The minimum atomic E-state index is -0.916. The molecule has 8 heteroatoms.